The lowest BCUT2D eigenvalue weighted by molar-refractivity contribution is -0.117. The zero-order valence-electron chi connectivity index (χ0n) is 18.2. The van der Waals surface area contributed by atoms with Crippen molar-refractivity contribution in [2.75, 3.05) is 35.9 Å². The summed E-state index contributed by atoms with van der Waals surface area (Å²) in [5, 5.41) is 1.58. The molecule has 3 aromatic carbocycles. The van der Waals surface area contributed by atoms with Crippen LogP contribution in [0.2, 0.25) is 0 Å². The molecule has 32 heavy (non-hydrogen) atoms. The summed E-state index contributed by atoms with van der Waals surface area (Å²) in [6, 6.07) is 17.2. The first kappa shape index (κ1) is 19.8. The Bertz CT molecular complexity index is 1380. The molecule has 0 saturated carbocycles. The highest BCUT2D eigenvalue weighted by Gasteiger charge is 2.45. The first-order valence-electron chi connectivity index (χ1n) is 11.0. The Balaban J connectivity index is 1.40. The third-order valence-electron chi connectivity index (χ3n) is 7.18. The van der Waals surface area contributed by atoms with Gasteiger partial charge in [-0.15, -0.1) is 0 Å². The Morgan fingerprint density at radius 2 is 1.84 bits per heavy atom. The van der Waals surface area contributed by atoms with Crippen LogP contribution < -0.4 is 9.21 Å². The number of nitrogens with zero attached hydrogens (tertiary/aromatic N) is 3. The van der Waals surface area contributed by atoms with Crippen molar-refractivity contribution in [3.8, 4) is 0 Å². The molecular weight excluding hydrogens is 422 g/mol. The van der Waals surface area contributed by atoms with Gasteiger partial charge >= 0.3 is 0 Å². The van der Waals surface area contributed by atoms with Crippen molar-refractivity contribution in [1.29, 1.82) is 0 Å². The van der Waals surface area contributed by atoms with E-state index in [1.165, 1.54) is 15.4 Å². The van der Waals surface area contributed by atoms with Crippen molar-refractivity contribution >= 4 is 38.1 Å². The number of likely N-dealkylation sites (tertiary alicyclic amines) is 1. The Morgan fingerprint density at radius 1 is 1.06 bits per heavy atom. The summed E-state index contributed by atoms with van der Waals surface area (Å²) in [4.78, 5) is 18.2. The standard InChI is InChI=1S/C25H25N3O3S/c1-16-9-10-20-18(13-16)19-14-26(2)12-11-21(19)28(20)24(29)15-27-22-7-3-5-17-6-4-8-23(25(17)22)32(27,30)31/h3-10,13,19,21H,11-12,14-15H2,1-2H3/t19-,21-/m0/s1. The number of hydrogen-bond donors (Lipinski definition) is 0. The molecule has 3 heterocycles. The van der Waals surface area contributed by atoms with Crippen molar-refractivity contribution in [2.24, 2.45) is 0 Å². The monoisotopic (exact) mass is 447 g/mol. The van der Waals surface area contributed by atoms with Gasteiger partial charge in [-0.3, -0.25) is 9.10 Å². The highest BCUT2D eigenvalue weighted by Crippen LogP contribution is 2.46. The number of fused-ring (bicyclic) bond motifs is 3. The molecule has 6 nitrogen and oxygen atoms in total. The smallest absolute Gasteiger partial charge is 0.265 e. The van der Waals surface area contributed by atoms with Gasteiger partial charge in [-0.2, -0.15) is 0 Å². The largest absolute Gasteiger partial charge is 0.307 e. The average molecular weight is 448 g/mol. The molecule has 2 atom stereocenters. The molecule has 0 bridgehead atoms. The fraction of sp³-hybridized carbons (Fsp3) is 0.320. The van der Waals surface area contributed by atoms with Gasteiger partial charge in [0.2, 0.25) is 5.91 Å². The van der Waals surface area contributed by atoms with E-state index in [1.54, 1.807) is 18.2 Å². The lowest BCUT2D eigenvalue weighted by Crippen LogP contribution is -2.50. The molecule has 0 unspecified atom stereocenters. The molecule has 0 aromatic heterocycles. The van der Waals surface area contributed by atoms with E-state index in [1.807, 2.05) is 35.2 Å². The molecule has 0 radical (unpaired) electrons. The van der Waals surface area contributed by atoms with Gasteiger partial charge in [-0.05, 0) is 56.1 Å². The number of aryl methyl sites for hydroxylation is 1. The predicted molar refractivity (Wildman–Crippen MR) is 126 cm³/mol. The minimum Gasteiger partial charge on any atom is -0.307 e. The Hall–Kier alpha value is -2.90. The highest BCUT2D eigenvalue weighted by molar-refractivity contribution is 7.93. The van der Waals surface area contributed by atoms with Gasteiger partial charge in [0, 0.05) is 29.6 Å². The van der Waals surface area contributed by atoms with Gasteiger partial charge in [0.15, 0.2) is 0 Å². The van der Waals surface area contributed by atoms with E-state index in [0.717, 1.165) is 30.6 Å². The van der Waals surface area contributed by atoms with E-state index in [-0.39, 0.29) is 29.3 Å². The minimum atomic E-state index is -3.77. The number of carbonyl (C=O) groups excluding carboxylic acids is 1. The van der Waals surface area contributed by atoms with Crippen molar-refractivity contribution in [1.82, 2.24) is 4.90 Å². The minimum absolute atomic E-state index is 0.0685. The van der Waals surface area contributed by atoms with Crippen molar-refractivity contribution in [3.63, 3.8) is 0 Å². The molecule has 3 aromatic rings. The summed E-state index contributed by atoms with van der Waals surface area (Å²) in [6.07, 6.45) is 0.878. The van der Waals surface area contributed by atoms with E-state index < -0.39 is 10.0 Å². The predicted octanol–water partition coefficient (Wildman–Crippen LogP) is 3.49. The number of likely N-dealkylation sites (N-methyl/N-ethyl adjacent to an activating group) is 1. The number of amides is 1. The van der Waals surface area contributed by atoms with Gasteiger partial charge in [0.25, 0.3) is 10.0 Å². The third kappa shape index (κ3) is 2.67. The lowest BCUT2D eigenvalue weighted by atomic mass is 9.89. The second kappa shape index (κ2) is 6.80. The van der Waals surface area contributed by atoms with Crippen LogP contribution in [0.4, 0.5) is 11.4 Å². The number of benzene rings is 3. The average Bonchev–Trinajstić information content (AvgIpc) is 3.19. The molecule has 3 aliphatic rings. The van der Waals surface area contributed by atoms with Crippen LogP contribution >= 0.6 is 0 Å². The molecule has 1 fully saturated rings. The van der Waals surface area contributed by atoms with Crippen LogP contribution in [-0.2, 0) is 14.8 Å². The number of hydrogen-bond acceptors (Lipinski definition) is 4. The second-order valence-corrected chi connectivity index (χ2v) is 11.0. The van der Waals surface area contributed by atoms with Crippen molar-refractivity contribution in [2.45, 2.75) is 30.2 Å². The zero-order valence-corrected chi connectivity index (χ0v) is 19.0. The van der Waals surface area contributed by atoms with E-state index in [4.69, 9.17) is 0 Å². The summed E-state index contributed by atoms with van der Waals surface area (Å²) in [5.41, 5.74) is 3.90. The number of piperidine rings is 1. The molecule has 7 heteroatoms. The first-order valence-corrected chi connectivity index (χ1v) is 12.5. The van der Waals surface area contributed by atoms with Crippen molar-refractivity contribution < 1.29 is 13.2 Å². The second-order valence-electron chi connectivity index (χ2n) is 9.19. The van der Waals surface area contributed by atoms with E-state index in [2.05, 4.69) is 24.9 Å². The van der Waals surface area contributed by atoms with Gasteiger partial charge in [0.1, 0.15) is 6.54 Å². The van der Waals surface area contributed by atoms with E-state index >= 15 is 0 Å². The zero-order chi connectivity index (χ0) is 22.2. The Kier molecular flexibility index (Phi) is 4.20. The summed E-state index contributed by atoms with van der Waals surface area (Å²) < 4.78 is 28.1. The maximum Gasteiger partial charge on any atom is 0.265 e. The summed E-state index contributed by atoms with van der Waals surface area (Å²) >= 11 is 0. The Labute approximate surface area is 188 Å². The summed E-state index contributed by atoms with van der Waals surface area (Å²) in [7, 11) is -1.65. The molecule has 0 N–H and O–H groups in total. The van der Waals surface area contributed by atoms with Gasteiger partial charge < -0.3 is 9.80 Å². The highest BCUT2D eigenvalue weighted by atomic mass is 32.2. The van der Waals surface area contributed by atoms with Crippen LogP contribution in [0.15, 0.2) is 59.5 Å². The van der Waals surface area contributed by atoms with E-state index in [9.17, 15) is 13.2 Å². The van der Waals surface area contributed by atoms with Gasteiger partial charge in [0.05, 0.1) is 10.6 Å². The van der Waals surface area contributed by atoms with Crippen LogP contribution in [0.3, 0.4) is 0 Å². The van der Waals surface area contributed by atoms with Gasteiger partial charge in [-0.1, -0.05) is 42.0 Å². The topological polar surface area (TPSA) is 60.9 Å². The maximum atomic E-state index is 13.7. The fourth-order valence-corrected chi connectivity index (χ4v) is 7.39. The summed E-state index contributed by atoms with van der Waals surface area (Å²) in [6.45, 7) is 3.70. The number of anilines is 2. The normalized spacial score (nSPS) is 23.4. The van der Waals surface area contributed by atoms with Crippen LogP contribution in [0.5, 0.6) is 0 Å². The van der Waals surface area contributed by atoms with Crippen molar-refractivity contribution in [3.05, 3.63) is 65.7 Å². The van der Waals surface area contributed by atoms with Crippen LogP contribution in [0.25, 0.3) is 10.8 Å². The number of rotatable bonds is 2. The van der Waals surface area contributed by atoms with Crippen LogP contribution in [-0.4, -0.2) is 51.9 Å². The summed E-state index contributed by atoms with van der Waals surface area (Å²) in [5.74, 6) is 0.0870. The molecule has 6 rings (SSSR count). The molecule has 1 saturated heterocycles. The van der Waals surface area contributed by atoms with Crippen LogP contribution in [0.1, 0.15) is 23.5 Å². The van der Waals surface area contributed by atoms with Crippen LogP contribution in [0, 0.1) is 6.92 Å². The SMILES string of the molecule is Cc1ccc2c(c1)[C@@H]1CN(C)CC[C@@H]1N2C(=O)CN1c2cccc3cccc(c23)S1(=O)=O. The fourth-order valence-electron chi connectivity index (χ4n) is 5.73. The number of sulfonamides is 1. The van der Waals surface area contributed by atoms with Gasteiger partial charge in [-0.25, -0.2) is 8.42 Å². The third-order valence-corrected chi connectivity index (χ3v) is 8.98. The Morgan fingerprint density at radius 3 is 2.66 bits per heavy atom. The lowest BCUT2D eigenvalue weighted by Gasteiger charge is -2.37. The molecule has 1 amide bonds. The molecule has 0 spiro atoms. The number of carbonyl (C=O) groups is 1. The van der Waals surface area contributed by atoms with E-state index in [0.29, 0.717) is 11.1 Å². The quantitative estimate of drug-likeness (QED) is 0.603. The first-order chi connectivity index (χ1) is 15.4. The molecule has 0 aliphatic carbocycles. The molecular formula is C25H25N3O3S. The maximum absolute atomic E-state index is 13.7. The molecule has 3 aliphatic heterocycles. The molecule has 164 valence electrons.